The Kier molecular flexibility index (Phi) is 5.24. The lowest BCUT2D eigenvalue weighted by atomic mass is 10.1. The zero-order chi connectivity index (χ0) is 22.1. The number of nitrogens with one attached hydrogen (secondary N) is 1. The first-order chi connectivity index (χ1) is 15.5. The third kappa shape index (κ3) is 4.15. The molecule has 0 atom stereocenters. The van der Waals surface area contributed by atoms with Crippen molar-refractivity contribution in [1.82, 2.24) is 25.1 Å². The molecule has 0 bridgehead atoms. The Morgan fingerprint density at radius 2 is 1.84 bits per heavy atom. The third-order valence-electron chi connectivity index (χ3n) is 5.57. The number of amides is 1. The van der Waals surface area contributed by atoms with Gasteiger partial charge >= 0.3 is 0 Å². The molecule has 32 heavy (non-hydrogen) atoms. The molecule has 0 radical (unpaired) electrons. The van der Waals surface area contributed by atoms with Crippen LogP contribution < -0.4 is 10.2 Å². The number of anilines is 2. The first-order valence-corrected chi connectivity index (χ1v) is 10.5. The highest BCUT2D eigenvalue weighted by atomic mass is 16.4. The van der Waals surface area contributed by atoms with Crippen LogP contribution in [0.25, 0.3) is 22.2 Å². The number of rotatable bonds is 4. The lowest BCUT2D eigenvalue weighted by Gasteiger charge is -2.33. The summed E-state index contributed by atoms with van der Waals surface area (Å²) in [7, 11) is 2.11. The predicted octanol–water partition coefficient (Wildman–Crippen LogP) is 2.99. The van der Waals surface area contributed by atoms with E-state index in [9.17, 15) is 4.79 Å². The van der Waals surface area contributed by atoms with Crippen molar-refractivity contribution in [2.75, 3.05) is 43.4 Å². The smallest absolute Gasteiger partial charge is 0.257 e. The van der Waals surface area contributed by atoms with Crippen LogP contribution in [0.4, 0.5) is 11.6 Å². The van der Waals surface area contributed by atoms with Gasteiger partial charge in [0.15, 0.2) is 0 Å². The van der Waals surface area contributed by atoms with Gasteiger partial charge in [0.05, 0.1) is 0 Å². The first-order valence-electron chi connectivity index (χ1n) is 10.5. The van der Waals surface area contributed by atoms with Crippen molar-refractivity contribution in [2.45, 2.75) is 6.92 Å². The minimum atomic E-state index is -0.224. The van der Waals surface area contributed by atoms with Gasteiger partial charge in [0.1, 0.15) is 11.6 Å². The van der Waals surface area contributed by atoms with Gasteiger partial charge in [-0.25, -0.2) is 9.97 Å². The van der Waals surface area contributed by atoms with Crippen LogP contribution in [-0.4, -0.2) is 64.2 Å². The average Bonchev–Trinajstić information content (AvgIpc) is 3.25. The van der Waals surface area contributed by atoms with Gasteiger partial charge in [0, 0.05) is 62.0 Å². The number of piperazine rings is 1. The second-order valence-corrected chi connectivity index (χ2v) is 7.90. The van der Waals surface area contributed by atoms with E-state index < -0.39 is 0 Å². The maximum Gasteiger partial charge on any atom is 0.257 e. The van der Waals surface area contributed by atoms with Gasteiger partial charge < -0.3 is 19.5 Å². The molecule has 4 heterocycles. The SMILES string of the molecule is Cc1nnc(-c2ccc3cnc(NC(=O)c4ccnc(N5CCN(C)CC5)c4)cc3c2)o1. The molecule has 0 aliphatic carbocycles. The molecule has 4 aromatic rings. The summed E-state index contributed by atoms with van der Waals surface area (Å²) >= 11 is 0. The molecule has 0 spiro atoms. The summed E-state index contributed by atoms with van der Waals surface area (Å²) in [5.74, 6) is 2.03. The minimum Gasteiger partial charge on any atom is -0.421 e. The van der Waals surface area contributed by atoms with Gasteiger partial charge in [0.2, 0.25) is 11.8 Å². The van der Waals surface area contributed by atoms with E-state index in [2.05, 4.69) is 42.3 Å². The molecule has 1 aromatic carbocycles. The summed E-state index contributed by atoms with van der Waals surface area (Å²) in [6, 6.07) is 11.2. The summed E-state index contributed by atoms with van der Waals surface area (Å²) in [5, 5.41) is 12.7. The fourth-order valence-electron chi connectivity index (χ4n) is 3.71. The van der Waals surface area contributed by atoms with Gasteiger partial charge in [0.25, 0.3) is 5.91 Å². The van der Waals surface area contributed by atoms with E-state index in [4.69, 9.17) is 4.42 Å². The molecule has 1 fully saturated rings. The molecule has 1 aliphatic heterocycles. The van der Waals surface area contributed by atoms with Crippen LogP contribution >= 0.6 is 0 Å². The van der Waals surface area contributed by atoms with Crippen LogP contribution in [0.5, 0.6) is 0 Å². The average molecular weight is 429 g/mol. The van der Waals surface area contributed by atoms with Gasteiger partial charge in [-0.2, -0.15) is 0 Å². The molecule has 1 N–H and O–H groups in total. The number of likely N-dealkylation sites (N-methyl/N-ethyl adjacent to an activating group) is 1. The molecular weight excluding hydrogens is 406 g/mol. The van der Waals surface area contributed by atoms with Crippen molar-refractivity contribution >= 4 is 28.3 Å². The predicted molar refractivity (Wildman–Crippen MR) is 122 cm³/mol. The molecular formula is C23H23N7O2. The normalized spacial score (nSPS) is 14.6. The van der Waals surface area contributed by atoms with Crippen LogP contribution in [0.2, 0.25) is 0 Å². The van der Waals surface area contributed by atoms with E-state index in [0.717, 1.165) is 48.3 Å². The molecule has 1 saturated heterocycles. The largest absolute Gasteiger partial charge is 0.421 e. The van der Waals surface area contributed by atoms with Crippen molar-refractivity contribution in [3.05, 3.63) is 60.2 Å². The Balaban J connectivity index is 1.36. The van der Waals surface area contributed by atoms with E-state index in [1.165, 1.54) is 0 Å². The lowest BCUT2D eigenvalue weighted by Crippen LogP contribution is -2.44. The van der Waals surface area contributed by atoms with Crippen LogP contribution in [0.3, 0.4) is 0 Å². The summed E-state index contributed by atoms with van der Waals surface area (Å²) in [6.07, 6.45) is 3.41. The molecule has 9 heteroatoms. The van der Waals surface area contributed by atoms with Crippen LogP contribution in [0.1, 0.15) is 16.2 Å². The second-order valence-electron chi connectivity index (χ2n) is 7.90. The highest BCUT2D eigenvalue weighted by molar-refractivity contribution is 6.05. The van der Waals surface area contributed by atoms with Crippen LogP contribution in [0.15, 0.2) is 53.2 Å². The van der Waals surface area contributed by atoms with Crippen molar-refractivity contribution in [3.8, 4) is 11.5 Å². The summed E-state index contributed by atoms with van der Waals surface area (Å²) in [6.45, 7) is 5.49. The van der Waals surface area contributed by atoms with Crippen LogP contribution in [-0.2, 0) is 0 Å². The number of aromatic nitrogens is 4. The number of carbonyl (C=O) groups is 1. The Hall–Kier alpha value is -3.85. The Morgan fingerprint density at radius 1 is 1.00 bits per heavy atom. The number of fused-ring (bicyclic) bond motifs is 1. The number of aryl methyl sites for hydroxylation is 1. The molecule has 9 nitrogen and oxygen atoms in total. The zero-order valence-corrected chi connectivity index (χ0v) is 17.9. The van der Waals surface area contributed by atoms with Crippen LogP contribution in [0, 0.1) is 6.92 Å². The molecule has 0 unspecified atom stereocenters. The highest BCUT2D eigenvalue weighted by Gasteiger charge is 2.17. The quantitative estimate of drug-likeness (QED) is 0.528. The fourth-order valence-corrected chi connectivity index (χ4v) is 3.71. The van der Waals surface area contributed by atoms with E-state index in [0.29, 0.717) is 23.2 Å². The molecule has 1 amide bonds. The number of hydrogen-bond acceptors (Lipinski definition) is 8. The van der Waals surface area contributed by atoms with Gasteiger partial charge in [-0.05, 0) is 42.8 Å². The molecule has 1 aliphatic rings. The highest BCUT2D eigenvalue weighted by Crippen LogP contribution is 2.25. The lowest BCUT2D eigenvalue weighted by molar-refractivity contribution is 0.102. The van der Waals surface area contributed by atoms with Crippen molar-refractivity contribution in [3.63, 3.8) is 0 Å². The summed E-state index contributed by atoms with van der Waals surface area (Å²) in [4.78, 5) is 26.2. The van der Waals surface area contributed by atoms with Gasteiger partial charge in [-0.15, -0.1) is 10.2 Å². The van der Waals surface area contributed by atoms with Crippen molar-refractivity contribution in [1.29, 1.82) is 0 Å². The summed E-state index contributed by atoms with van der Waals surface area (Å²) in [5.41, 5.74) is 1.36. The number of benzene rings is 1. The van der Waals surface area contributed by atoms with E-state index in [-0.39, 0.29) is 5.91 Å². The molecule has 5 rings (SSSR count). The Bertz CT molecular complexity index is 1280. The zero-order valence-electron chi connectivity index (χ0n) is 17.9. The summed E-state index contributed by atoms with van der Waals surface area (Å²) < 4.78 is 5.52. The van der Waals surface area contributed by atoms with Gasteiger partial charge in [-0.3, -0.25) is 4.79 Å². The number of pyridine rings is 2. The van der Waals surface area contributed by atoms with E-state index >= 15 is 0 Å². The topological polar surface area (TPSA) is 100 Å². The monoisotopic (exact) mass is 429 g/mol. The number of nitrogens with zero attached hydrogens (tertiary/aromatic N) is 6. The van der Waals surface area contributed by atoms with E-state index in [1.807, 2.05) is 30.3 Å². The first kappa shape index (κ1) is 20.1. The Morgan fingerprint density at radius 3 is 2.62 bits per heavy atom. The number of carbonyl (C=O) groups excluding carboxylic acids is 1. The standard InChI is InChI=1S/C23H23N7O2/c1-15-27-28-23(32-15)17-3-4-18-14-25-20(12-19(18)11-17)26-22(31)16-5-6-24-21(13-16)30-9-7-29(2)8-10-30/h3-6,11-14H,7-10H2,1-2H3,(H,25,26,31). The Labute approximate surface area is 185 Å². The van der Waals surface area contributed by atoms with E-state index in [1.54, 1.807) is 25.4 Å². The van der Waals surface area contributed by atoms with Crippen molar-refractivity contribution in [2.24, 2.45) is 0 Å². The second kappa shape index (κ2) is 8.35. The van der Waals surface area contributed by atoms with Gasteiger partial charge in [-0.1, -0.05) is 6.07 Å². The molecule has 3 aromatic heterocycles. The molecule has 0 saturated carbocycles. The maximum absolute atomic E-state index is 12.9. The molecule has 162 valence electrons. The third-order valence-corrected chi connectivity index (χ3v) is 5.57. The van der Waals surface area contributed by atoms with Crippen molar-refractivity contribution < 1.29 is 9.21 Å². The fraction of sp³-hybridized carbons (Fsp3) is 0.261. The number of hydrogen-bond donors (Lipinski definition) is 1. The maximum atomic E-state index is 12.9. The minimum absolute atomic E-state index is 0.224.